The van der Waals surface area contributed by atoms with Crippen LogP contribution in [0.2, 0.25) is 10.0 Å². The van der Waals surface area contributed by atoms with E-state index >= 15 is 0 Å². The molecule has 0 aliphatic heterocycles. The van der Waals surface area contributed by atoms with Gasteiger partial charge in [-0.05, 0) is 91.7 Å². The molecule has 0 saturated heterocycles. The van der Waals surface area contributed by atoms with E-state index < -0.39 is 0 Å². The molecular formula is C26H30Cl2O. The fourth-order valence-electron chi connectivity index (χ4n) is 5.51. The number of carbonyl (C=O) groups is 1. The van der Waals surface area contributed by atoms with Crippen LogP contribution < -0.4 is 0 Å². The van der Waals surface area contributed by atoms with E-state index in [1.54, 1.807) is 0 Å². The molecule has 0 amide bonds. The van der Waals surface area contributed by atoms with Gasteiger partial charge in [-0.3, -0.25) is 4.79 Å². The summed E-state index contributed by atoms with van der Waals surface area (Å²) < 4.78 is 0. The highest BCUT2D eigenvalue weighted by molar-refractivity contribution is 6.30. The van der Waals surface area contributed by atoms with Gasteiger partial charge in [0.2, 0.25) is 0 Å². The van der Waals surface area contributed by atoms with Gasteiger partial charge in [-0.1, -0.05) is 60.3 Å². The number of hydrogen-bond acceptors (Lipinski definition) is 1. The molecule has 4 rings (SSSR count). The average Bonchev–Trinajstić information content (AvgIpc) is 3.40. The van der Waals surface area contributed by atoms with Crippen LogP contribution in [0.3, 0.4) is 0 Å². The van der Waals surface area contributed by atoms with E-state index in [-0.39, 0.29) is 5.92 Å². The first-order valence-electron chi connectivity index (χ1n) is 11.1. The summed E-state index contributed by atoms with van der Waals surface area (Å²) in [6.07, 6.45) is 10.1. The molecule has 0 spiro atoms. The molecule has 0 radical (unpaired) electrons. The number of ketones is 1. The largest absolute Gasteiger partial charge is 0.299 e. The lowest BCUT2D eigenvalue weighted by Gasteiger charge is -2.24. The third kappa shape index (κ3) is 5.44. The number of Topliss-reactive ketones (excluding diaryl/α,β-unsaturated/α-hetero) is 1. The van der Waals surface area contributed by atoms with Gasteiger partial charge in [-0.2, -0.15) is 0 Å². The first-order valence-corrected chi connectivity index (χ1v) is 11.9. The number of rotatable bonds is 7. The molecular weight excluding hydrogens is 399 g/mol. The van der Waals surface area contributed by atoms with Crippen LogP contribution in [0.15, 0.2) is 48.5 Å². The van der Waals surface area contributed by atoms with Gasteiger partial charge in [0.05, 0.1) is 0 Å². The van der Waals surface area contributed by atoms with Crippen LogP contribution >= 0.6 is 23.2 Å². The Bertz CT molecular complexity index is 806. The molecule has 2 aromatic rings. The van der Waals surface area contributed by atoms with Crippen molar-refractivity contribution in [1.29, 1.82) is 0 Å². The Balaban J connectivity index is 1.39. The first kappa shape index (κ1) is 20.9. The predicted octanol–water partition coefficient (Wildman–Crippen LogP) is 7.89. The molecule has 2 aliphatic carbocycles. The third-order valence-corrected chi connectivity index (χ3v) is 7.63. The maximum atomic E-state index is 13.4. The molecule has 154 valence electrons. The summed E-state index contributed by atoms with van der Waals surface area (Å²) in [6.45, 7) is 0. The van der Waals surface area contributed by atoms with Gasteiger partial charge in [0.1, 0.15) is 5.78 Å². The van der Waals surface area contributed by atoms with E-state index in [9.17, 15) is 4.79 Å². The standard InChI is InChI=1S/C26H30Cl2O/c27-23-11-6-18(7-12-23)16-25(21-3-1-2-4-21)26(29)17-19-5-8-22(15-19)20-9-13-24(28)14-10-20/h6-7,9-14,19,21-22,25H,1-5,8,15-17H2. The van der Waals surface area contributed by atoms with Crippen molar-refractivity contribution >= 4 is 29.0 Å². The van der Waals surface area contributed by atoms with Crippen LogP contribution in [-0.4, -0.2) is 5.78 Å². The van der Waals surface area contributed by atoms with Crippen molar-refractivity contribution < 1.29 is 4.79 Å². The van der Waals surface area contributed by atoms with E-state index in [4.69, 9.17) is 23.2 Å². The van der Waals surface area contributed by atoms with Crippen LogP contribution in [0.25, 0.3) is 0 Å². The second-order valence-corrected chi connectivity index (χ2v) is 9.95. The van der Waals surface area contributed by atoms with Crippen molar-refractivity contribution in [2.24, 2.45) is 17.8 Å². The van der Waals surface area contributed by atoms with Gasteiger partial charge < -0.3 is 0 Å². The Hall–Kier alpha value is -1.31. The van der Waals surface area contributed by atoms with E-state index in [2.05, 4.69) is 24.3 Å². The summed E-state index contributed by atoms with van der Waals surface area (Å²) in [5, 5.41) is 1.55. The predicted molar refractivity (Wildman–Crippen MR) is 122 cm³/mol. The van der Waals surface area contributed by atoms with Gasteiger partial charge in [0.15, 0.2) is 0 Å². The zero-order valence-electron chi connectivity index (χ0n) is 17.0. The zero-order valence-corrected chi connectivity index (χ0v) is 18.5. The summed E-state index contributed by atoms with van der Waals surface area (Å²) >= 11 is 12.1. The highest BCUT2D eigenvalue weighted by Gasteiger charge is 2.34. The van der Waals surface area contributed by atoms with Crippen molar-refractivity contribution in [3.05, 3.63) is 69.7 Å². The lowest BCUT2D eigenvalue weighted by molar-refractivity contribution is -0.125. The lowest BCUT2D eigenvalue weighted by Crippen LogP contribution is -2.26. The normalized spacial score (nSPS) is 23.4. The second kappa shape index (κ2) is 9.67. The topological polar surface area (TPSA) is 17.1 Å². The Morgan fingerprint density at radius 2 is 1.48 bits per heavy atom. The number of benzene rings is 2. The van der Waals surface area contributed by atoms with Crippen molar-refractivity contribution in [2.45, 2.75) is 63.7 Å². The molecule has 3 unspecified atom stereocenters. The molecule has 1 nitrogen and oxygen atoms in total. The van der Waals surface area contributed by atoms with Gasteiger partial charge in [0.25, 0.3) is 0 Å². The van der Waals surface area contributed by atoms with Crippen molar-refractivity contribution in [3.8, 4) is 0 Å². The van der Waals surface area contributed by atoms with E-state index in [0.29, 0.717) is 23.5 Å². The summed E-state index contributed by atoms with van der Waals surface area (Å²) in [6, 6.07) is 16.3. The highest BCUT2D eigenvalue weighted by Crippen LogP contribution is 2.42. The summed E-state index contributed by atoms with van der Waals surface area (Å²) in [7, 11) is 0. The SMILES string of the molecule is O=C(CC1CCC(c2ccc(Cl)cc2)C1)C(Cc1ccc(Cl)cc1)C1CCCC1. The minimum Gasteiger partial charge on any atom is -0.299 e. The Kier molecular flexibility index (Phi) is 6.98. The van der Waals surface area contributed by atoms with Gasteiger partial charge in [-0.15, -0.1) is 0 Å². The molecule has 3 heteroatoms. The maximum Gasteiger partial charge on any atom is 0.136 e. The molecule has 0 bridgehead atoms. The molecule has 0 N–H and O–H groups in total. The highest BCUT2D eigenvalue weighted by atomic mass is 35.5. The smallest absolute Gasteiger partial charge is 0.136 e. The van der Waals surface area contributed by atoms with Crippen molar-refractivity contribution in [3.63, 3.8) is 0 Å². The Morgan fingerprint density at radius 3 is 2.14 bits per heavy atom. The van der Waals surface area contributed by atoms with Gasteiger partial charge in [0, 0.05) is 22.4 Å². The molecule has 3 atom stereocenters. The molecule has 0 aromatic heterocycles. The van der Waals surface area contributed by atoms with E-state index in [1.807, 2.05) is 24.3 Å². The number of hydrogen-bond donors (Lipinski definition) is 0. The fourth-order valence-corrected chi connectivity index (χ4v) is 5.76. The van der Waals surface area contributed by atoms with Crippen LogP contribution in [0.4, 0.5) is 0 Å². The Morgan fingerprint density at radius 1 is 0.862 bits per heavy atom. The van der Waals surface area contributed by atoms with Gasteiger partial charge >= 0.3 is 0 Å². The average molecular weight is 429 g/mol. The van der Waals surface area contributed by atoms with Crippen LogP contribution in [0, 0.1) is 17.8 Å². The minimum atomic E-state index is 0.174. The van der Waals surface area contributed by atoms with Crippen molar-refractivity contribution in [1.82, 2.24) is 0 Å². The lowest BCUT2D eigenvalue weighted by atomic mass is 9.79. The van der Waals surface area contributed by atoms with Crippen LogP contribution in [-0.2, 0) is 11.2 Å². The first-order chi connectivity index (χ1) is 14.1. The molecule has 2 aromatic carbocycles. The molecule has 2 saturated carbocycles. The van der Waals surface area contributed by atoms with Crippen molar-refractivity contribution in [2.75, 3.05) is 0 Å². The minimum absolute atomic E-state index is 0.174. The van der Waals surface area contributed by atoms with Crippen LogP contribution in [0.5, 0.6) is 0 Å². The zero-order chi connectivity index (χ0) is 20.2. The van der Waals surface area contributed by atoms with Crippen LogP contribution in [0.1, 0.15) is 68.4 Å². The molecule has 0 heterocycles. The second-order valence-electron chi connectivity index (χ2n) is 9.08. The van der Waals surface area contributed by atoms with E-state index in [0.717, 1.165) is 35.7 Å². The third-order valence-electron chi connectivity index (χ3n) is 7.12. The fraction of sp³-hybridized carbons (Fsp3) is 0.500. The summed E-state index contributed by atoms with van der Waals surface area (Å²) in [5.41, 5.74) is 2.61. The maximum absolute atomic E-state index is 13.4. The summed E-state index contributed by atoms with van der Waals surface area (Å²) in [5.74, 6) is 2.33. The van der Waals surface area contributed by atoms with E-state index in [1.165, 1.54) is 43.2 Å². The van der Waals surface area contributed by atoms with Gasteiger partial charge in [-0.25, -0.2) is 0 Å². The molecule has 29 heavy (non-hydrogen) atoms. The summed E-state index contributed by atoms with van der Waals surface area (Å²) in [4.78, 5) is 13.4. The molecule has 2 fully saturated rings. The quantitative estimate of drug-likeness (QED) is 0.437. The monoisotopic (exact) mass is 428 g/mol. The number of carbonyl (C=O) groups excluding carboxylic acids is 1. The molecule has 2 aliphatic rings. The number of halogens is 2. The Labute approximate surface area is 184 Å².